The molecule has 0 saturated carbocycles. The number of anilines is 1. The zero-order valence-electron chi connectivity index (χ0n) is 19.8. The molecule has 9 nitrogen and oxygen atoms in total. The van der Waals surface area contributed by atoms with Crippen LogP contribution in [-0.2, 0) is 0 Å². The lowest BCUT2D eigenvalue weighted by molar-refractivity contribution is 0.101. The second-order valence-corrected chi connectivity index (χ2v) is 7.37. The average Bonchev–Trinajstić information content (AvgIpc) is 3.35. The minimum atomic E-state index is -1.10. The third-order valence-corrected chi connectivity index (χ3v) is 5.21. The monoisotopic (exact) mass is 496 g/mol. The summed E-state index contributed by atoms with van der Waals surface area (Å²) in [6.07, 6.45) is 0. The van der Waals surface area contributed by atoms with E-state index in [0.717, 1.165) is 12.1 Å². The van der Waals surface area contributed by atoms with E-state index < -0.39 is 17.5 Å². The largest absolute Gasteiger partial charge is 0.497 e. The summed E-state index contributed by atoms with van der Waals surface area (Å²) in [6.45, 7) is 0. The highest BCUT2D eigenvalue weighted by Crippen LogP contribution is 2.41. The lowest BCUT2D eigenvalue weighted by Crippen LogP contribution is -2.14. The van der Waals surface area contributed by atoms with Crippen molar-refractivity contribution >= 4 is 11.6 Å². The van der Waals surface area contributed by atoms with E-state index in [2.05, 4.69) is 15.4 Å². The Morgan fingerprint density at radius 3 is 2.19 bits per heavy atom. The molecule has 4 rings (SSSR count). The van der Waals surface area contributed by atoms with Gasteiger partial charge in [0.1, 0.15) is 5.75 Å². The summed E-state index contributed by atoms with van der Waals surface area (Å²) in [4.78, 5) is 17.4. The van der Waals surface area contributed by atoms with Crippen molar-refractivity contribution in [3.05, 3.63) is 72.1 Å². The van der Waals surface area contributed by atoms with Crippen molar-refractivity contribution in [2.75, 3.05) is 33.8 Å². The van der Waals surface area contributed by atoms with Gasteiger partial charge in [-0.2, -0.15) is 0 Å². The molecule has 186 valence electrons. The molecule has 0 aliphatic rings. The molecule has 0 aliphatic heterocycles. The lowest BCUT2D eigenvalue weighted by atomic mass is 10.1. The Bertz CT molecular complexity index is 1400. The van der Waals surface area contributed by atoms with E-state index in [1.54, 1.807) is 36.4 Å². The van der Waals surface area contributed by atoms with Crippen LogP contribution in [0.1, 0.15) is 10.6 Å². The lowest BCUT2D eigenvalue weighted by Gasteiger charge is -2.14. The molecule has 1 amide bonds. The summed E-state index contributed by atoms with van der Waals surface area (Å²) < 4.78 is 49.9. The summed E-state index contributed by atoms with van der Waals surface area (Å²) in [5, 5.41) is 6.86. The van der Waals surface area contributed by atoms with Crippen LogP contribution in [0.25, 0.3) is 17.1 Å². The van der Waals surface area contributed by atoms with Crippen LogP contribution in [0.15, 0.2) is 54.6 Å². The molecule has 0 saturated heterocycles. The molecule has 0 radical (unpaired) electrons. The normalized spacial score (nSPS) is 10.6. The first-order valence-electron chi connectivity index (χ1n) is 10.6. The van der Waals surface area contributed by atoms with Crippen molar-refractivity contribution in [3.8, 4) is 40.1 Å². The Hall–Kier alpha value is -4.67. The first-order valence-corrected chi connectivity index (χ1v) is 10.6. The summed E-state index contributed by atoms with van der Waals surface area (Å²) in [7, 11) is 5.98. The topological polar surface area (TPSA) is 96.7 Å². The van der Waals surface area contributed by atoms with Crippen molar-refractivity contribution in [1.82, 2.24) is 14.8 Å². The van der Waals surface area contributed by atoms with Gasteiger partial charge in [0.05, 0.1) is 34.1 Å². The van der Waals surface area contributed by atoms with E-state index in [1.807, 2.05) is 0 Å². The SMILES string of the molecule is COc1cccc(-n2nc(C(=O)Nc3ccc(F)c(F)c3)nc2-c2cc(OC)c(OC)c(OC)c2)c1. The standard InChI is InChI=1S/C25H22F2N4O5/c1-33-17-7-5-6-16(13-17)31-24(14-10-20(34-2)22(36-4)21(11-14)35-3)29-23(30-31)25(32)28-15-8-9-18(26)19(27)12-15/h5-13H,1-4H3,(H,28,32). The Kier molecular flexibility index (Phi) is 7.00. The zero-order chi connectivity index (χ0) is 25.8. The molecule has 1 N–H and O–H groups in total. The van der Waals surface area contributed by atoms with E-state index in [1.165, 1.54) is 39.2 Å². The van der Waals surface area contributed by atoms with Crippen LogP contribution in [-0.4, -0.2) is 49.1 Å². The van der Waals surface area contributed by atoms with Gasteiger partial charge in [-0.1, -0.05) is 6.07 Å². The second kappa shape index (κ2) is 10.3. The minimum absolute atomic E-state index is 0.0472. The summed E-state index contributed by atoms with van der Waals surface area (Å²) in [5.41, 5.74) is 1.11. The number of nitrogens with zero attached hydrogens (tertiary/aromatic N) is 3. The van der Waals surface area contributed by atoms with Crippen LogP contribution < -0.4 is 24.3 Å². The van der Waals surface area contributed by atoms with Crippen molar-refractivity contribution in [3.63, 3.8) is 0 Å². The number of ether oxygens (including phenoxy) is 4. The fraction of sp³-hybridized carbons (Fsp3) is 0.160. The molecule has 0 atom stereocenters. The molecule has 4 aromatic rings. The third kappa shape index (κ3) is 4.76. The number of methoxy groups -OCH3 is 4. The number of hydrogen-bond donors (Lipinski definition) is 1. The third-order valence-electron chi connectivity index (χ3n) is 5.21. The summed E-state index contributed by atoms with van der Waals surface area (Å²) >= 11 is 0. The van der Waals surface area contributed by atoms with Crippen molar-refractivity contribution in [2.24, 2.45) is 0 Å². The van der Waals surface area contributed by atoms with Gasteiger partial charge in [0.2, 0.25) is 11.6 Å². The number of hydrogen-bond acceptors (Lipinski definition) is 7. The quantitative estimate of drug-likeness (QED) is 0.384. The predicted octanol–water partition coefficient (Wildman–Crippen LogP) is 4.50. The molecule has 36 heavy (non-hydrogen) atoms. The molecular weight excluding hydrogens is 474 g/mol. The highest BCUT2D eigenvalue weighted by molar-refractivity contribution is 6.01. The maximum Gasteiger partial charge on any atom is 0.295 e. The van der Waals surface area contributed by atoms with Gasteiger partial charge in [-0.15, -0.1) is 5.10 Å². The van der Waals surface area contributed by atoms with Gasteiger partial charge < -0.3 is 24.3 Å². The van der Waals surface area contributed by atoms with Crippen LogP contribution in [0.3, 0.4) is 0 Å². The molecule has 11 heteroatoms. The van der Waals surface area contributed by atoms with Gasteiger partial charge in [-0.25, -0.2) is 18.4 Å². The van der Waals surface area contributed by atoms with Crippen molar-refractivity contribution < 1.29 is 32.5 Å². The second-order valence-electron chi connectivity index (χ2n) is 7.37. The van der Waals surface area contributed by atoms with E-state index >= 15 is 0 Å². The number of nitrogens with one attached hydrogen (secondary N) is 1. The number of rotatable bonds is 8. The smallest absolute Gasteiger partial charge is 0.295 e. The van der Waals surface area contributed by atoms with Gasteiger partial charge in [-0.3, -0.25) is 4.79 Å². The Labute approximate surface area is 205 Å². The molecule has 3 aromatic carbocycles. The van der Waals surface area contributed by atoms with Gasteiger partial charge in [-0.05, 0) is 36.4 Å². The number of carbonyl (C=O) groups excluding carboxylic acids is 1. The molecule has 0 unspecified atom stereocenters. The Morgan fingerprint density at radius 2 is 1.58 bits per heavy atom. The molecule has 1 aromatic heterocycles. The maximum atomic E-state index is 13.6. The minimum Gasteiger partial charge on any atom is -0.497 e. The Morgan fingerprint density at radius 1 is 0.861 bits per heavy atom. The number of amides is 1. The van der Waals surface area contributed by atoms with E-state index in [0.29, 0.717) is 34.2 Å². The molecule has 0 fully saturated rings. The first kappa shape index (κ1) is 24.5. The van der Waals surface area contributed by atoms with Crippen LogP contribution in [0, 0.1) is 11.6 Å². The van der Waals surface area contributed by atoms with Crippen LogP contribution in [0.5, 0.6) is 23.0 Å². The molecule has 0 aliphatic carbocycles. The van der Waals surface area contributed by atoms with E-state index in [4.69, 9.17) is 18.9 Å². The number of benzene rings is 3. The molecule has 0 spiro atoms. The Balaban J connectivity index is 1.84. The van der Waals surface area contributed by atoms with E-state index in [-0.39, 0.29) is 17.3 Å². The highest BCUT2D eigenvalue weighted by atomic mass is 19.2. The maximum absolute atomic E-state index is 13.6. The van der Waals surface area contributed by atoms with Gasteiger partial charge in [0, 0.05) is 23.4 Å². The highest BCUT2D eigenvalue weighted by Gasteiger charge is 2.23. The fourth-order valence-corrected chi connectivity index (χ4v) is 3.49. The molecular formula is C25H22F2N4O5. The van der Waals surface area contributed by atoms with Crippen LogP contribution in [0.4, 0.5) is 14.5 Å². The zero-order valence-corrected chi connectivity index (χ0v) is 19.8. The van der Waals surface area contributed by atoms with Crippen LogP contribution >= 0.6 is 0 Å². The average molecular weight is 496 g/mol. The molecule has 0 bridgehead atoms. The van der Waals surface area contributed by atoms with Crippen LogP contribution in [0.2, 0.25) is 0 Å². The number of aromatic nitrogens is 3. The van der Waals surface area contributed by atoms with Crippen molar-refractivity contribution in [2.45, 2.75) is 0 Å². The van der Waals surface area contributed by atoms with Gasteiger partial charge >= 0.3 is 0 Å². The summed E-state index contributed by atoms with van der Waals surface area (Å²) in [5.74, 6) is -1.10. The predicted molar refractivity (Wildman–Crippen MR) is 127 cm³/mol. The summed E-state index contributed by atoms with van der Waals surface area (Å²) in [6, 6.07) is 13.3. The fourth-order valence-electron chi connectivity index (χ4n) is 3.49. The molecule has 1 heterocycles. The van der Waals surface area contributed by atoms with Crippen molar-refractivity contribution in [1.29, 1.82) is 0 Å². The van der Waals surface area contributed by atoms with E-state index in [9.17, 15) is 13.6 Å². The van der Waals surface area contributed by atoms with Gasteiger partial charge in [0.25, 0.3) is 5.91 Å². The first-order chi connectivity index (χ1) is 17.4. The number of halogens is 2. The number of carbonyl (C=O) groups is 1. The van der Waals surface area contributed by atoms with Gasteiger partial charge in [0.15, 0.2) is 29.0 Å².